The summed E-state index contributed by atoms with van der Waals surface area (Å²) in [5, 5.41) is 11.4. The van der Waals surface area contributed by atoms with Crippen molar-refractivity contribution in [3.8, 4) is 0 Å². The molecule has 0 radical (unpaired) electrons. The maximum Gasteiger partial charge on any atom is 0.194 e. The van der Waals surface area contributed by atoms with Crippen molar-refractivity contribution in [3.63, 3.8) is 0 Å². The average Bonchev–Trinajstić information content (AvgIpc) is 2.98. The minimum Gasteiger partial charge on any atom is -0.357 e. The monoisotopic (exact) mass is 434 g/mol. The summed E-state index contributed by atoms with van der Waals surface area (Å²) in [5.41, 5.74) is 0. The van der Waals surface area contributed by atoms with Crippen LogP contribution in [0, 0.1) is 0 Å². The van der Waals surface area contributed by atoms with Gasteiger partial charge >= 0.3 is 0 Å². The second-order valence-electron chi connectivity index (χ2n) is 5.26. The van der Waals surface area contributed by atoms with Crippen molar-refractivity contribution in [2.75, 3.05) is 20.1 Å². The van der Waals surface area contributed by atoms with Crippen LogP contribution in [0.2, 0.25) is 0 Å². The number of hydrogen-bond acceptors (Lipinski definition) is 3. The molecule has 0 atom stereocenters. The normalized spacial score (nSPS) is 11.0. The highest BCUT2D eigenvalue weighted by Gasteiger charge is 2.07. The maximum absolute atomic E-state index is 4.67. The van der Waals surface area contributed by atoms with Crippen LogP contribution in [0.1, 0.15) is 45.4 Å². The zero-order valence-corrected chi connectivity index (χ0v) is 17.0. The molecule has 7 heteroatoms. The topological polar surface area (TPSA) is 58.3 Å². The molecule has 1 heterocycles. The molecule has 23 heavy (non-hydrogen) atoms. The maximum atomic E-state index is 4.67. The van der Waals surface area contributed by atoms with Crippen LogP contribution in [0.25, 0.3) is 0 Å². The fourth-order valence-electron chi connectivity index (χ4n) is 2.20. The molecule has 0 unspecified atom stereocenters. The fraction of sp³-hybridized carbons (Fsp3) is 0.688. The van der Waals surface area contributed by atoms with Crippen LogP contribution in [0.4, 0.5) is 0 Å². The lowest BCUT2D eigenvalue weighted by Crippen LogP contribution is -2.39. The molecule has 0 fully saturated rings. The third-order valence-electron chi connectivity index (χ3n) is 3.50. The van der Waals surface area contributed by atoms with Gasteiger partial charge in [0.25, 0.3) is 0 Å². The number of aliphatic imine (C=N–C) groups is 1. The van der Waals surface area contributed by atoms with Gasteiger partial charge in [0, 0.05) is 26.7 Å². The summed E-state index contributed by atoms with van der Waals surface area (Å²) in [6.07, 6.45) is 8.44. The van der Waals surface area contributed by atoms with Crippen LogP contribution in [0.3, 0.4) is 0 Å². The van der Waals surface area contributed by atoms with E-state index in [2.05, 4.69) is 52.9 Å². The molecule has 0 amide bonds. The molecule has 0 aliphatic rings. The summed E-state index contributed by atoms with van der Waals surface area (Å²) in [5.74, 6) is 1.83. The predicted octanol–water partition coefficient (Wildman–Crippen LogP) is 3.06. The van der Waals surface area contributed by atoms with Crippen LogP contribution in [-0.4, -0.2) is 45.8 Å². The molecule has 0 aromatic carbocycles. The largest absolute Gasteiger partial charge is 0.357 e. The van der Waals surface area contributed by atoms with Gasteiger partial charge in [-0.05, 0) is 33.1 Å². The summed E-state index contributed by atoms with van der Waals surface area (Å²) in [7, 11) is 2.08. The highest BCUT2D eigenvalue weighted by atomic mass is 127. The van der Waals surface area contributed by atoms with Crippen LogP contribution < -0.4 is 5.32 Å². The van der Waals surface area contributed by atoms with Gasteiger partial charge in [-0.15, -0.1) is 40.8 Å². The van der Waals surface area contributed by atoms with E-state index >= 15 is 0 Å². The van der Waals surface area contributed by atoms with Crippen molar-refractivity contribution >= 4 is 29.9 Å². The standard InChI is InChI=1S/C16H30N6.HI/c1-5-8-9-10-11-12-21(4)16(17-6-2)18-13-15-20-19-14-22(15)7-3;/h5,14H,1,6-13H2,2-4H3,(H,17,18);1H. The van der Waals surface area contributed by atoms with E-state index in [0.29, 0.717) is 6.54 Å². The first kappa shape index (κ1) is 21.9. The number of guanidine groups is 1. The van der Waals surface area contributed by atoms with Gasteiger partial charge in [-0.25, -0.2) is 4.99 Å². The first-order valence-electron chi connectivity index (χ1n) is 8.19. The molecule has 0 aliphatic heterocycles. The van der Waals surface area contributed by atoms with Gasteiger partial charge in [0.2, 0.25) is 0 Å². The summed E-state index contributed by atoms with van der Waals surface area (Å²) in [6, 6.07) is 0. The molecule has 1 N–H and O–H groups in total. The quantitative estimate of drug-likeness (QED) is 0.202. The zero-order valence-electron chi connectivity index (χ0n) is 14.7. The summed E-state index contributed by atoms with van der Waals surface area (Å²) in [6.45, 7) is 11.2. The third kappa shape index (κ3) is 8.34. The van der Waals surface area contributed by atoms with Gasteiger partial charge in [-0.1, -0.05) is 12.5 Å². The number of allylic oxidation sites excluding steroid dienone is 1. The lowest BCUT2D eigenvalue weighted by Gasteiger charge is -2.22. The third-order valence-corrected chi connectivity index (χ3v) is 3.50. The fourth-order valence-corrected chi connectivity index (χ4v) is 2.20. The van der Waals surface area contributed by atoms with Crippen molar-refractivity contribution in [2.45, 2.75) is 52.6 Å². The summed E-state index contributed by atoms with van der Waals surface area (Å²) < 4.78 is 2.02. The second kappa shape index (κ2) is 13.3. The Kier molecular flexibility index (Phi) is 12.7. The van der Waals surface area contributed by atoms with Gasteiger partial charge in [0.1, 0.15) is 12.9 Å². The average molecular weight is 434 g/mol. The van der Waals surface area contributed by atoms with Crippen molar-refractivity contribution in [3.05, 3.63) is 24.8 Å². The van der Waals surface area contributed by atoms with E-state index in [0.717, 1.165) is 37.8 Å². The zero-order chi connectivity index (χ0) is 16.2. The Labute approximate surface area is 157 Å². The molecule has 1 aromatic heterocycles. The number of rotatable bonds is 10. The Morgan fingerprint density at radius 2 is 2.17 bits per heavy atom. The molecule has 1 rings (SSSR count). The van der Waals surface area contributed by atoms with E-state index in [4.69, 9.17) is 0 Å². The van der Waals surface area contributed by atoms with Crippen molar-refractivity contribution in [2.24, 2.45) is 4.99 Å². The molecule has 0 aliphatic carbocycles. The smallest absolute Gasteiger partial charge is 0.194 e. The Balaban J connectivity index is 0.00000484. The molecule has 0 bridgehead atoms. The number of aromatic nitrogens is 3. The van der Waals surface area contributed by atoms with Crippen LogP contribution >= 0.6 is 24.0 Å². The molecule has 1 aromatic rings. The minimum absolute atomic E-state index is 0. The van der Waals surface area contributed by atoms with E-state index < -0.39 is 0 Å². The Morgan fingerprint density at radius 3 is 2.83 bits per heavy atom. The Morgan fingerprint density at radius 1 is 1.39 bits per heavy atom. The number of aryl methyl sites for hydroxylation is 1. The molecule has 0 saturated heterocycles. The van der Waals surface area contributed by atoms with Crippen LogP contribution in [0.5, 0.6) is 0 Å². The van der Waals surface area contributed by atoms with Gasteiger partial charge in [0.05, 0.1) is 0 Å². The van der Waals surface area contributed by atoms with E-state index in [1.165, 1.54) is 19.3 Å². The number of nitrogens with zero attached hydrogens (tertiary/aromatic N) is 5. The van der Waals surface area contributed by atoms with Crippen molar-refractivity contribution in [1.29, 1.82) is 0 Å². The van der Waals surface area contributed by atoms with E-state index in [1.54, 1.807) is 6.33 Å². The first-order valence-corrected chi connectivity index (χ1v) is 8.19. The molecule has 6 nitrogen and oxygen atoms in total. The van der Waals surface area contributed by atoms with Crippen molar-refractivity contribution < 1.29 is 0 Å². The first-order chi connectivity index (χ1) is 10.7. The van der Waals surface area contributed by atoms with Crippen molar-refractivity contribution in [1.82, 2.24) is 25.0 Å². The number of halogens is 1. The van der Waals surface area contributed by atoms with Crippen LogP contribution in [0.15, 0.2) is 24.0 Å². The Bertz CT molecular complexity index is 457. The lowest BCUT2D eigenvalue weighted by molar-refractivity contribution is 0.454. The highest BCUT2D eigenvalue weighted by molar-refractivity contribution is 14.0. The highest BCUT2D eigenvalue weighted by Crippen LogP contribution is 2.03. The van der Waals surface area contributed by atoms with Crippen LogP contribution in [-0.2, 0) is 13.1 Å². The number of nitrogens with one attached hydrogen (secondary N) is 1. The van der Waals surface area contributed by atoms with E-state index in [-0.39, 0.29) is 24.0 Å². The minimum atomic E-state index is 0. The molecule has 0 spiro atoms. The SMILES string of the molecule is C=CCCCCCN(C)C(=NCc1nncn1CC)NCC.I. The molecular formula is C16H31IN6. The summed E-state index contributed by atoms with van der Waals surface area (Å²) >= 11 is 0. The van der Waals surface area contributed by atoms with E-state index in [9.17, 15) is 0 Å². The molecule has 132 valence electrons. The predicted molar refractivity (Wildman–Crippen MR) is 107 cm³/mol. The van der Waals surface area contributed by atoms with Gasteiger partial charge < -0.3 is 14.8 Å². The van der Waals surface area contributed by atoms with Gasteiger partial charge in [-0.3, -0.25) is 0 Å². The second-order valence-corrected chi connectivity index (χ2v) is 5.26. The summed E-state index contributed by atoms with van der Waals surface area (Å²) in [4.78, 5) is 6.86. The number of hydrogen-bond donors (Lipinski definition) is 1. The van der Waals surface area contributed by atoms with E-state index in [1.807, 2.05) is 10.6 Å². The lowest BCUT2D eigenvalue weighted by atomic mass is 10.2. The van der Waals surface area contributed by atoms with Gasteiger partial charge in [0.15, 0.2) is 11.8 Å². The van der Waals surface area contributed by atoms with Gasteiger partial charge in [-0.2, -0.15) is 0 Å². The Hall–Kier alpha value is -1.12. The molecular weight excluding hydrogens is 403 g/mol. The molecule has 0 saturated carbocycles. The number of unbranched alkanes of at least 4 members (excludes halogenated alkanes) is 3.